The first-order valence-electron chi connectivity index (χ1n) is 8.36. The normalized spacial score (nSPS) is 15.3. The Labute approximate surface area is 132 Å². The van der Waals surface area contributed by atoms with Crippen LogP contribution in [0.5, 0.6) is 0 Å². The molecule has 0 unspecified atom stereocenters. The van der Waals surface area contributed by atoms with E-state index in [-0.39, 0.29) is 5.82 Å². The van der Waals surface area contributed by atoms with Crippen molar-refractivity contribution in [3.05, 3.63) is 71.0 Å². The summed E-state index contributed by atoms with van der Waals surface area (Å²) in [5.41, 5.74) is 4.27. The summed E-state index contributed by atoms with van der Waals surface area (Å²) < 4.78 is 12.9. The van der Waals surface area contributed by atoms with Crippen molar-refractivity contribution in [1.82, 2.24) is 5.32 Å². The van der Waals surface area contributed by atoms with Gasteiger partial charge in [-0.25, -0.2) is 4.39 Å². The number of nitrogens with one attached hydrogen (secondary N) is 1. The molecule has 0 radical (unpaired) electrons. The van der Waals surface area contributed by atoms with E-state index in [4.69, 9.17) is 0 Å². The predicted molar refractivity (Wildman–Crippen MR) is 89.6 cm³/mol. The van der Waals surface area contributed by atoms with Gasteiger partial charge in [-0.05, 0) is 73.9 Å². The molecule has 0 atom stereocenters. The van der Waals surface area contributed by atoms with Crippen LogP contribution in [0.15, 0.2) is 48.5 Å². The fourth-order valence-corrected chi connectivity index (χ4v) is 3.30. The average molecular weight is 297 g/mol. The number of rotatable bonds is 5. The van der Waals surface area contributed by atoms with Gasteiger partial charge in [0.25, 0.3) is 0 Å². The Morgan fingerprint density at radius 1 is 0.909 bits per heavy atom. The van der Waals surface area contributed by atoms with Gasteiger partial charge in [0.2, 0.25) is 0 Å². The number of fused-ring (bicyclic) bond motifs is 1. The van der Waals surface area contributed by atoms with E-state index in [2.05, 4.69) is 29.6 Å². The first kappa shape index (κ1) is 15.2. The maximum absolute atomic E-state index is 12.9. The minimum absolute atomic E-state index is 0.153. The Kier molecular flexibility index (Phi) is 5.23. The van der Waals surface area contributed by atoms with Gasteiger partial charge in [0.05, 0.1) is 0 Å². The third-order valence-electron chi connectivity index (χ3n) is 4.63. The Balaban J connectivity index is 1.40. The second-order valence-corrected chi connectivity index (χ2v) is 6.23. The van der Waals surface area contributed by atoms with E-state index in [1.807, 2.05) is 12.1 Å². The van der Waals surface area contributed by atoms with Crippen LogP contribution in [0.4, 0.5) is 4.39 Å². The number of hydrogen-bond acceptors (Lipinski definition) is 1. The molecule has 0 saturated heterocycles. The molecule has 116 valence electrons. The van der Waals surface area contributed by atoms with Crippen molar-refractivity contribution in [2.75, 3.05) is 6.54 Å². The largest absolute Gasteiger partial charge is 0.314 e. The molecule has 0 bridgehead atoms. The zero-order valence-electron chi connectivity index (χ0n) is 13.0. The van der Waals surface area contributed by atoms with Gasteiger partial charge in [0.15, 0.2) is 0 Å². The molecule has 2 aromatic rings. The minimum atomic E-state index is -0.153. The smallest absolute Gasteiger partial charge is 0.123 e. The Morgan fingerprint density at radius 2 is 1.55 bits per heavy atom. The molecule has 1 aliphatic carbocycles. The molecule has 0 aromatic heterocycles. The van der Waals surface area contributed by atoms with Crippen molar-refractivity contribution in [3.63, 3.8) is 0 Å². The number of hydrogen-bond donors (Lipinski definition) is 1. The van der Waals surface area contributed by atoms with Crippen LogP contribution in [-0.2, 0) is 19.3 Å². The lowest BCUT2D eigenvalue weighted by atomic mass is 10.0. The highest BCUT2D eigenvalue weighted by atomic mass is 19.1. The molecule has 22 heavy (non-hydrogen) atoms. The monoisotopic (exact) mass is 297 g/mol. The molecule has 0 spiro atoms. The van der Waals surface area contributed by atoms with Gasteiger partial charge in [-0.2, -0.15) is 0 Å². The van der Waals surface area contributed by atoms with Crippen molar-refractivity contribution in [2.45, 2.75) is 44.6 Å². The summed E-state index contributed by atoms with van der Waals surface area (Å²) in [6.45, 7) is 1.04. The Hall–Kier alpha value is -1.67. The maximum Gasteiger partial charge on any atom is 0.123 e. The fraction of sp³-hybridized carbons (Fsp3) is 0.400. The highest BCUT2D eigenvalue weighted by molar-refractivity contribution is 5.28. The summed E-state index contributed by atoms with van der Waals surface area (Å²) in [4.78, 5) is 0. The molecule has 0 saturated carbocycles. The lowest BCUT2D eigenvalue weighted by Crippen LogP contribution is -2.30. The topological polar surface area (TPSA) is 12.0 Å². The van der Waals surface area contributed by atoms with Crippen molar-refractivity contribution < 1.29 is 4.39 Å². The average Bonchev–Trinajstić information content (AvgIpc) is 2.76. The lowest BCUT2D eigenvalue weighted by molar-refractivity contribution is 0.459. The molecular weight excluding hydrogens is 273 g/mol. The Bertz CT molecular complexity index is 564. The van der Waals surface area contributed by atoms with Crippen molar-refractivity contribution >= 4 is 0 Å². The van der Waals surface area contributed by atoms with Crippen molar-refractivity contribution in [1.29, 1.82) is 0 Å². The van der Waals surface area contributed by atoms with Crippen LogP contribution in [0.3, 0.4) is 0 Å². The highest BCUT2D eigenvalue weighted by Gasteiger charge is 2.14. The van der Waals surface area contributed by atoms with Gasteiger partial charge in [0.1, 0.15) is 5.82 Å². The summed E-state index contributed by atoms with van der Waals surface area (Å²) in [6, 6.07) is 16.3. The molecular formula is C20H24FN. The summed E-state index contributed by atoms with van der Waals surface area (Å²) in [6.07, 6.45) is 6.95. The van der Waals surface area contributed by atoms with E-state index in [1.54, 1.807) is 12.1 Å². The molecule has 1 N–H and O–H groups in total. The minimum Gasteiger partial charge on any atom is -0.314 e. The zero-order valence-corrected chi connectivity index (χ0v) is 13.0. The molecule has 0 amide bonds. The molecule has 2 aromatic carbocycles. The Morgan fingerprint density at radius 3 is 2.18 bits per heavy atom. The standard InChI is InChI=1S/C20H24FN/c21-19-11-7-16(8-12-19)4-3-15-22-20-13-9-17-5-1-2-6-18(17)10-14-20/h1-2,5-8,11-12,20,22H,3-4,9-10,13-15H2. The molecule has 3 rings (SSSR count). The van der Waals surface area contributed by atoms with Crippen molar-refractivity contribution in [3.8, 4) is 0 Å². The number of halogens is 1. The van der Waals surface area contributed by atoms with E-state index in [9.17, 15) is 4.39 Å². The van der Waals surface area contributed by atoms with Crippen LogP contribution in [0.2, 0.25) is 0 Å². The molecule has 0 aliphatic heterocycles. The van der Waals surface area contributed by atoms with Crippen molar-refractivity contribution in [2.24, 2.45) is 0 Å². The second kappa shape index (κ2) is 7.55. The van der Waals surface area contributed by atoms with Crippen LogP contribution >= 0.6 is 0 Å². The van der Waals surface area contributed by atoms with Gasteiger partial charge in [-0.3, -0.25) is 0 Å². The second-order valence-electron chi connectivity index (χ2n) is 6.23. The molecule has 1 aliphatic rings. The maximum atomic E-state index is 12.9. The van der Waals surface area contributed by atoms with E-state index >= 15 is 0 Å². The van der Waals surface area contributed by atoms with E-state index in [0.29, 0.717) is 6.04 Å². The first-order chi connectivity index (χ1) is 10.8. The fourth-order valence-electron chi connectivity index (χ4n) is 3.30. The van der Waals surface area contributed by atoms with E-state index < -0.39 is 0 Å². The van der Waals surface area contributed by atoms with E-state index in [1.165, 1.54) is 42.4 Å². The zero-order chi connectivity index (χ0) is 15.2. The molecule has 2 heteroatoms. The van der Waals surface area contributed by atoms with Gasteiger partial charge >= 0.3 is 0 Å². The highest BCUT2D eigenvalue weighted by Crippen LogP contribution is 2.20. The SMILES string of the molecule is Fc1ccc(CCCNC2CCc3ccccc3CC2)cc1. The van der Waals surface area contributed by atoms with Gasteiger partial charge in [0, 0.05) is 6.04 Å². The van der Waals surface area contributed by atoms with Gasteiger partial charge < -0.3 is 5.32 Å². The van der Waals surface area contributed by atoms with Crippen LogP contribution in [0, 0.1) is 5.82 Å². The van der Waals surface area contributed by atoms with Crippen LogP contribution in [-0.4, -0.2) is 12.6 Å². The molecule has 0 heterocycles. The van der Waals surface area contributed by atoms with Crippen LogP contribution in [0.1, 0.15) is 36.0 Å². The summed E-state index contributed by atoms with van der Waals surface area (Å²) in [7, 11) is 0. The predicted octanol–water partition coefficient (Wildman–Crippen LogP) is 4.30. The van der Waals surface area contributed by atoms with E-state index in [0.717, 1.165) is 19.4 Å². The number of benzene rings is 2. The third kappa shape index (κ3) is 4.17. The first-order valence-corrected chi connectivity index (χ1v) is 8.36. The quantitative estimate of drug-likeness (QED) is 0.641. The summed E-state index contributed by atoms with van der Waals surface area (Å²) in [5, 5.41) is 3.70. The number of aryl methyl sites for hydroxylation is 3. The van der Waals surface area contributed by atoms with Gasteiger partial charge in [-0.15, -0.1) is 0 Å². The third-order valence-corrected chi connectivity index (χ3v) is 4.63. The summed E-state index contributed by atoms with van der Waals surface area (Å²) >= 11 is 0. The lowest BCUT2D eigenvalue weighted by Gasteiger charge is -2.16. The molecule has 0 fully saturated rings. The molecule has 1 nitrogen and oxygen atoms in total. The summed E-state index contributed by atoms with van der Waals surface area (Å²) in [5.74, 6) is -0.153. The van der Waals surface area contributed by atoms with Crippen LogP contribution < -0.4 is 5.32 Å². The van der Waals surface area contributed by atoms with Gasteiger partial charge in [-0.1, -0.05) is 36.4 Å². The van der Waals surface area contributed by atoms with Crippen LogP contribution in [0.25, 0.3) is 0 Å².